The van der Waals surface area contributed by atoms with Crippen LogP contribution in [0.25, 0.3) is 0 Å². The van der Waals surface area contributed by atoms with E-state index in [-0.39, 0.29) is 0 Å². The van der Waals surface area contributed by atoms with Crippen LogP contribution in [-0.4, -0.2) is 5.16 Å². The standard InChI is InChI=1S/C24H51O3P/c1-6-11-14-15-16-19-24(28(25,26)27,20-22(9-4)17-12-7-2)21-23(10-5)18-13-8-3/h22-23H,6-21H2,1-5H3,(H2,25,26,27)/p-2. The maximum absolute atomic E-state index is 12.7. The van der Waals surface area contributed by atoms with Crippen molar-refractivity contribution in [2.75, 3.05) is 0 Å². The Morgan fingerprint density at radius 3 is 1.46 bits per heavy atom. The minimum Gasteiger partial charge on any atom is -0.810 e. The zero-order valence-corrected chi connectivity index (χ0v) is 20.5. The lowest BCUT2D eigenvalue weighted by Crippen LogP contribution is -2.42. The first-order chi connectivity index (χ1) is 13.3. The van der Waals surface area contributed by atoms with Crippen molar-refractivity contribution in [1.29, 1.82) is 0 Å². The average molecular weight is 417 g/mol. The average Bonchev–Trinajstić information content (AvgIpc) is 2.66. The van der Waals surface area contributed by atoms with E-state index in [0.29, 0.717) is 31.1 Å². The van der Waals surface area contributed by atoms with Crippen molar-refractivity contribution in [3.05, 3.63) is 0 Å². The lowest BCUT2D eigenvalue weighted by atomic mass is 9.78. The molecule has 0 radical (unpaired) electrons. The maximum Gasteiger partial charge on any atom is -0.00144 e. The molecule has 4 heteroatoms. The van der Waals surface area contributed by atoms with Crippen LogP contribution in [0.15, 0.2) is 0 Å². The molecule has 0 aliphatic carbocycles. The summed E-state index contributed by atoms with van der Waals surface area (Å²) in [5, 5.41) is -1.03. The molecule has 2 unspecified atom stereocenters. The van der Waals surface area contributed by atoms with Crippen LogP contribution in [0.3, 0.4) is 0 Å². The van der Waals surface area contributed by atoms with Crippen LogP contribution >= 0.6 is 7.60 Å². The van der Waals surface area contributed by atoms with Gasteiger partial charge >= 0.3 is 0 Å². The summed E-state index contributed by atoms with van der Waals surface area (Å²) in [6, 6.07) is 0. The Morgan fingerprint density at radius 1 is 0.679 bits per heavy atom. The summed E-state index contributed by atoms with van der Waals surface area (Å²) in [5.74, 6) is 0.714. The van der Waals surface area contributed by atoms with Crippen LogP contribution in [-0.2, 0) is 4.57 Å². The number of hydrogen-bond donors (Lipinski definition) is 0. The van der Waals surface area contributed by atoms with Gasteiger partial charge in [-0.05, 0) is 36.3 Å². The predicted octanol–water partition coefficient (Wildman–Crippen LogP) is 7.21. The number of rotatable bonds is 19. The molecular formula is C24H49O3P-2. The van der Waals surface area contributed by atoms with Gasteiger partial charge in [0.2, 0.25) is 0 Å². The Bertz CT molecular complexity index is 387. The first-order valence-electron chi connectivity index (χ1n) is 12.3. The molecule has 0 aliphatic heterocycles. The van der Waals surface area contributed by atoms with E-state index in [9.17, 15) is 14.4 Å². The van der Waals surface area contributed by atoms with Crippen molar-refractivity contribution in [2.24, 2.45) is 11.8 Å². The van der Waals surface area contributed by atoms with Crippen LogP contribution in [0.5, 0.6) is 0 Å². The van der Waals surface area contributed by atoms with Crippen LogP contribution in [0.4, 0.5) is 0 Å². The number of unbranched alkanes of at least 4 members (excludes halogenated alkanes) is 6. The third-order valence-electron chi connectivity index (χ3n) is 6.75. The SMILES string of the molecule is CCCCCCCC(CC(CC)CCCC)(CC(CC)CCCC)P(=O)([O-])[O-]. The van der Waals surface area contributed by atoms with Gasteiger partial charge in [0, 0.05) is 0 Å². The van der Waals surface area contributed by atoms with Crippen LogP contribution in [0.2, 0.25) is 0 Å². The Kier molecular flexibility index (Phi) is 16.0. The van der Waals surface area contributed by atoms with Crippen molar-refractivity contribution >= 4 is 7.60 Å². The van der Waals surface area contributed by atoms with Crippen molar-refractivity contribution in [3.63, 3.8) is 0 Å². The molecule has 0 fully saturated rings. The first kappa shape index (κ1) is 28.1. The summed E-state index contributed by atoms with van der Waals surface area (Å²) in [4.78, 5) is 25.4. The molecule has 3 nitrogen and oxygen atoms in total. The quantitative estimate of drug-likeness (QED) is 0.165. The van der Waals surface area contributed by atoms with Gasteiger partial charge in [0.25, 0.3) is 0 Å². The predicted molar refractivity (Wildman–Crippen MR) is 120 cm³/mol. The topological polar surface area (TPSA) is 63.2 Å². The van der Waals surface area contributed by atoms with Crippen molar-refractivity contribution < 1.29 is 14.4 Å². The van der Waals surface area contributed by atoms with E-state index in [1.165, 1.54) is 12.8 Å². The molecule has 0 bridgehead atoms. The summed E-state index contributed by atoms with van der Waals surface area (Å²) < 4.78 is 12.7. The van der Waals surface area contributed by atoms with E-state index >= 15 is 0 Å². The highest BCUT2D eigenvalue weighted by molar-refractivity contribution is 7.50. The van der Waals surface area contributed by atoms with E-state index in [1.54, 1.807) is 0 Å². The Balaban J connectivity index is 5.49. The van der Waals surface area contributed by atoms with Crippen molar-refractivity contribution in [2.45, 2.75) is 143 Å². The molecule has 0 aromatic heterocycles. The summed E-state index contributed by atoms with van der Waals surface area (Å²) in [5.41, 5.74) is 0. The van der Waals surface area contributed by atoms with Crippen LogP contribution in [0.1, 0.15) is 137 Å². The molecule has 0 aromatic carbocycles. The van der Waals surface area contributed by atoms with Gasteiger partial charge in [-0.15, -0.1) is 0 Å². The minimum atomic E-state index is -4.66. The van der Waals surface area contributed by atoms with E-state index in [1.807, 2.05) is 0 Å². The highest BCUT2D eigenvalue weighted by Crippen LogP contribution is 2.55. The molecule has 28 heavy (non-hydrogen) atoms. The molecule has 0 aromatic rings. The molecular weight excluding hydrogens is 367 g/mol. The van der Waals surface area contributed by atoms with Gasteiger partial charge in [0.05, 0.1) is 0 Å². The van der Waals surface area contributed by atoms with E-state index in [2.05, 4.69) is 34.6 Å². The molecule has 0 saturated carbocycles. The second kappa shape index (κ2) is 15.9. The van der Waals surface area contributed by atoms with Crippen molar-refractivity contribution in [1.82, 2.24) is 0 Å². The smallest absolute Gasteiger partial charge is 0.00144 e. The third kappa shape index (κ3) is 10.8. The summed E-state index contributed by atoms with van der Waals surface area (Å²) in [6.07, 6.45) is 15.8. The zero-order chi connectivity index (χ0) is 21.5. The Hall–Kier alpha value is 0.150. The first-order valence-corrected chi connectivity index (χ1v) is 13.9. The molecule has 0 spiro atoms. The highest BCUT2D eigenvalue weighted by Gasteiger charge is 2.37. The van der Waals surface area contributed by atoms with Gasteiger partial charge < -0.3 is 14.4 Å². The lowest BCUT2D eigenvalue weighted by molar-refractivity contribution is -0.322. The van der Waals surface area contributed by atoms with E-state index in [0.717, 1.165) is 70.6 Å². The summed E-state index contributed by atoms with van der Waals surface area (Å²) >= 11 is 0. The molecule has 0 amide bonds. The Labute approximate surface area is 176 Å². The fourth-order valence-electron chi connectivity index (χ4n) is 4.67. The summed E-state index contributed by atoms with van der Waals surface area (Å²) in [6.45, 7) is 10.9. The molecule has 0 rings (SSSR count). The van der Waals surface area contributed by atoms with Gasteiger partial charge in [-0.2, -0.15) is 0 Å². The zero-order valence-electron chi connectivity index (χ0n) is 19.6. The van der Waals surface area contributed by atoms with Crippen LogP contribution in [0, 0.1) is 11.8 Å². The third-order valence-corrected chi connectivity index (χ3v) is 8.50. The second-order valence-electron chi connectivity index (χ2n) is 9.13. The van der Waals surface area contributed by atoms with E-state index in [4.69, 9.17) is 0 Å². The fraction of sp³-hybridized carbons (Fsp3) is 1.00. The summed E-state index contributed by atoms with van der Waals surface area (Å²) in [7, 11) is -4.66. The van der Waals surface area contributed by atoms with Crippen LogP contribution < -0.4 is 9.79 Å². The van der Waals surface area contributed by atoms with Gasteiger partial charge in [-0.3, -0.25) is 0 Å². The maximum atomic E-state index is 12.7. The van der Waals surface area contributed by atoms with Gasteiger partial charge in [0.15, 0.2) is 0 Å². The largest absolute Gasteiger partial charge is 0.810 e. The second-order valence-corrected chi connectivity index (χ2v) is 11.1. The molecule has 0 saturated heterocycles. The molecule has 170 valence electrons. The van der Waals surface area contributed by atoms with Gasteiger partial charge in [-0.25, -0.2) is 0 Å². The number of hydrogen-bond acceptors (Lipinski definition) is 3. The normalized spacial score (nSPS) is 16.7. The van der Waals surface area contributed by atoms with Gasteiger partial charge in [-0.1, -0.05) is 126 Å². The highest BCUT2D eigenvalue weighted by atomic mass is 31.2. The fourth-order valence-corrected chi connectivity index (χ4v) is 6.06. The lowest BCUT2D eigenvalue weighted by Gasteiger charge is -2.53. The van der Waals surface area contributed by atoms with Crippen molar-refractivity contribution in [3.8, 4) is 0 Å². The molecule has 0 aliphatic rings. The van der Waals surface area contributed by atoms with Gasteiger partial charge in [0.1, 0.15) is 0 Å². The molecule has 2 atom stereocenters. The molecule has 0 heterocycles. The van der Waals surface area contributed by atoms with E-state index < -0.39 is 12.8 Å². The monoisotopic (exact) mass is 416 g/mol. The minimum absolute atomic E-state index is 0.357. The Morgan fingerprint density at radius 2 is 1.11 bits per heavy atom. The molecule has 0 N–H and O–H groups in total.